The van der Waals surface area contributed by atoms with E-state index in [0.29, 0.717) is 41.9 Å². The van der Waals surface area contributed by atoms with Gasteiger partial charge in [-0.05, 0) is 19.4 Å². The van der Waals surface area contributed by atoms with Crippen LogP contribution in [0.15, 0.2) is 35.4 Å². The summed E-state index contributed by atoms with van der Waals surface area (Å²) in [5.74, 6) is -0.893. The molecule has 1 aromatic carbocycles. The first kappa shape index (κ1) is 26.6. The molecule has 0 spiro atoms. The van der Waals surface area contributed by atoms with E-state index in [4.69, 9.17) is 4.74 Å². The first-order valence-electron chi connectivity index (χ1n) is 12.0. The molecule has 0 radical (unpaired) electrons. The van der Waals surface area contributed by atoms with Crippen molar-refractivity contribution in [2.75, 3.05) is 25.5 Å². The molecule has 3 atom stereocenters. The molecule has 11 heteroatoms. The third-order valence-corrected chi connectivity index (χ3v) is 7.43. The third kappa shape index (κ3) is 4.56. The number of hydrogen-bond acceptors (Lipinski definition) is 6. The van der Waals surface area contributed by atoms with Crippen LogP contribution in [0, 0.1) is 11.7 Å². The summed E-state index contributed by atoms with van der Waals surface area (Å²) < 4.78 is 48.7. The van der Waals surface area contributed by atoms with Crippen molar-refractivity contribution in [2.45, 2.75) is 45.3 Å². The van der Waals surface area contributed by atoms with Crippen molar-refractivity contribution in [3.05, 3.63) is 63.5 Å². The fraction of sp³-hybridized carbons (Fsp3) is 0.462. The number of nitrogens with zero attached hydrogens (tertiary/aromatic N) is 4. The van der Waals surface area contributed by atoms with Gasteiger partial charge < -0.3 is 15.0 Å². The predicted octanol–water partition coefficient (Wildman–Crippen LogP) is 4.31. The van der Waals surface area contributed by atoms with E-state index in [2.05, 4.69) is 15.3 Å². The fourth-order valence-corrected chi connectivity index (χ4v) is 5.26. The average Bonchev–Trinajstić information content (AvgIpc) is 2.86. The molecular formula is C26H30F3N5O3. The number of aromatic nitrogens is 3. The van der Waals surface area contributed by atoms with Gasteiger partial charge >= 0.3 is 0 Å². The Balaban J connectivity index is 1.80. The van der Waals surface area contributed by atoms with Gasteiger partial charge in [0, 0.05) is 45.7 Å². The lowest BCUT2D eigenvalue weighted by Crippen LogP contribution is -2.53. The van der Waals surface area contributed by atoms with Crippen molar-refractivity contribution >= 4 is 22.8 Å². The van der Waals surface area contributed by atoms with E-state index in [1.165, 1.54) is 30.0 Å². The Hall–Kier alpha value is -3.47. The SMILES string of the molecule is COC1(c2cc3c(N[C@H](C)c4cccc(C(F)F)c4F)ncnc3n(C)c2=O)CCN(C(C)=O)C[C@H]1C. The molecule has 1 aliphatic rings. The van der Waals surface area contributed by atoms with E-state index in [0.717, 1.165) is 6.07 Å². The zero-order valence-corrected chi connectivity index (χ0v) is 21.4. The van der Waals surface area contributed by atoms with Crippen LogP contribution >= 0.6 is 0 Å². The minimum absolute atomic E-state index is 0.0417. The van der Waals surface area contributed by atoms with E-state index in [9.17, 15) is 22.8 Å². The van der Waals surface area contributed by atoms with Gasteiger partial charge in [-0.25, -0.2) is 23.1 Å². The highest BCUT2D eigenvalue weighted by atomic mass is 19.3. The molecule has 2 aromatic heterocycles. The molecule has 1 saturated heterocycles. The lowest BCUT2D eigenvalue weighted by atomic mass is 9.76. The number of alkyl halides is 2. The number of methoxy groups -OCH3 is 1. The van der Waals surface area contributed by atoms with Gasteiger partial charge in [0.2, 0.25) is 5.91 Å². The number of anilines is 1. The average molecular weight is 518 g/mol. The standard InChI is InChI=1S/C26H30F3N5O3/c1-14-12-34(16(3)35)10-9-26(14,37-5)20-11-19-23(30-13-31-24(19)33(4)25(20)36)32-15(2)17-7-6-8-18(21(17)27)22(28)29/h6-8,11,13-15,22H,9-10,12H2,1-5H3,(H,30,31,32)/t14-,15-,26?/m1/s1. The molecule has 0 aliphatic carbocycles. The van der Waals surface area contributed by atoms with E-state index in [1.807, 2.05) is 6.92 Å². The summed E-state index contributed by atoms with van der Waals surface area (Å²) in [7, 11) is 3.14. The van der Waals surface area contributed by atoms with Gasteiger partial charge in [0.05, 0.1) is 22.6 Å². The van der Waals surface area contributed by atoms with Crippen molar-refractivity contribution in [2.24, 2.45) is 13.0 Å². The number of carbonyl (C=O) groups is 1. The number of aryl methyl sites for hydroxylation is 1. The summed E-state index contributed by atoms with van der Waals surface area (Å²) in [6.45, 7) is 5.95. The molecule has 1 unspecified atom stereocenters. The molecule has 1 aliphatic heterocycles. The minimum atomic E-state index is -2.94. The molecule has 1 N–H and O–H groups in total. The van der Waals surface area contributed by atoms with Gasteiger partial charge in [-0.3, -0.25) is 14.2 Å². The fourth-order valence-electron chi connectivity index (χ4n) is 5.26. The maximum Gasteiger partial charge on any atom is 0.266 e. The van der Waals surface area contributed by atoms with Crippen LogP contribution in [0.2, 0.25) is 0 Å². The van der Waals surface area contributed by atoms with Crippen molar-refractivity contribution < 1.29 is 22.7 Å². The molecule has 0 bridgehead atoms. The number of hydrogen-bond donors (Lipinski definition) is 1. The van der Waals surface area contributed by atoms with Crippen LogP contribution in [-0.4, -0.2) is 45.5 Å². The first-order valence-corrected chi connectivity index (χ1v) is 12.0. The summed E-state index contributed by atoms with van der Waals surface area (Å²) in [5, 5.41) is 3.60. The Morgan fingerprint density at radius 2 is 1.97 bits per heavy atom. The van der Waals surface area contributed by atoms with Crippen molar-refractivity contribution in [3.8, 4) is 0 Å². The highest BCUT2D eigenvalue weighted by Crippen LogP contribution is 2.40. The van der Waals surface area contributed by atoms with Gasteiger partial charge in [-0.2, -0.15) is 0 Å². The molecule has 37 heavy (non-hydrogen) atoms. The normalized spacial score (nSPS) is 20.9. The Kier molecular flexibility index (Phi) is 7.27. The number of amides is 1. The van der Waals surface area contributed by atoms with Gasteiger partial charge in [0.1, 0.15) is 29.2 Å². The summed E-state index contributed by atoms with van der Waals surface area (Å²) >= 11 is 0. The van der Waals surface area contributed by atoms with Crippen LogP contribution < -0.4 is 10.9 Å². The zero-order chi connectivity index (χ0) is 27.1. The van der Waals surface area contributed by atoms with Crippen LogP contribution in [0.3, 0.4) is 0 Å². The number of likely N-dealkylation sites (tertiary alicyclic amines) is 1. The largest absolute Gasteiger partial charge is 0.373 e. The van der Waals surface area contributed by atoms with Crippen LogP contribution in [0.25, 0.3) is 11.0 Å². The monoisotopic (exact) mass is 517 g/mol. The number of halogens is 3. The number of nitrogens with one attached hydrogen (secondary N) is 1. The van der Waals surface area contributed by atoms with E-state index >= 15 is 0 Å². The minimum Gasteiger partial charge on any atom is -0.373 e. The summed E-state index contributed by atoms with van der Waals surface area (Å²) in [6, 6.07) is 4.85. The Morgan fingerprint density at radius 1 is 1.27 bits per heavy atom. The maximum absolute atomic E-state index is 14.8. The number of benzene rings is 1. The van der Waals surface area contributed by atoms with Crippen LogP contribution in [0.4, 0.5) is 19.0 Å². The molecule has 3 heterocycles. The summed E-state index contributed by atoms with van der Waals surface area (Å²) in [5.41, 5.74) is -1.10. The Bertz CT molecular complexity index is 1400. The molecule has 1 fully saturated rings. The lowest BCUT2D eigenvalue weighted by Gasteiger charge is -2.45. The molecule has 4 rings (SSSR count). The van der Waals surface area contributed by atoms with E-state index < -0.39 is 29.4 Å². The van der Waals surface area contributed by atoms with E-state index in [-0.39, 0.29) is 22.9 Å². The third-order valence-electron chi connectivity index (χ3n) is 7.43. The Labute approximate surface area is 212 Å². The van der Waals surface area contributed by atoms with Crippen molar-refractivity contribution in [1.29, 1.82) is 0 Å². The topological polar surface area (TPSA) is 89.3 Å². The smallest absolute Gasteiger partial charge is 0.266 e. The van der Waals surface area contributed by atoms with Crippen LogP contribution in [0.1, 0.15) is 56.3 Å². The van der Waals surface area contributed by atoms with Crippen molar-refractivity contribution in [1.82, 2.24) is 19.4 Å². The predicted molar refractivity (Wildman–Crippen MR) is 133 cm³/mol. The molecule has 0 saturated carbocycles. The summed E-state index contributed by atoms with van der Waals surface area (Å²) in [6.07, 6.45) is -1.24. The lowest BCUT2D eigenvalue weighted by molar-refractivity contribution is -0.142. The Morgan fingerprint density at radius 3 is 2.59 bits per heavy atom. The van der Waals surface area contributed by atoms with Crippen molar-refractivity contribution in [3.63, 3.8) is 0 Å². The molecule has 3 aromatic rings. The summed E-state index contributed by atoms with van der Waals surface area (Å²) in [4.78, 5) is 35.8. The highest BCUT2D eigenvalue weighted by molar-refractivity contribution is 5.87. The molecular weight excluding hydrogens is 487 g/mol. The van der Waals surface area contributed by atoms with Gasteiger partial charge in [-0.1, -0.05) is 25.1 Å². The number of fused-ring (bicyclic) bond motifs is 1. The van der Waals surface area contributed by atoms with Gasteiger partial charge in [0.25, 0.3) is 12.0 Å². The number of rotatable bonds is 6. The maximum atomic E-state index is 14.8. The van der Waals surface area contributed by atoms with E-state index in [1.54, 1.807) is 32.0 Å². The highest BCUT2D eigenvalue weighted by Gasteiger charge is 2.45. The second-order valence-corrected chi connectivity index (χ2v) is 9.51. The molecule has 198 valence electrons. The molecule has 1 amide bonds. The number of piperidine rings is 1. The molecule has 8 nitrogen and oxygen atoms in total. The number of pyridine rings is 1. The van der Waals surface area contributed by atoms with Crippen LogP contribution in [-0.2, 0) is 22.2 Å². The second kappa shape index (κ2) is 10.1. The van der Waals surface area contributed by atoms with Crippen LogP contribution in [0.5, 0.6) is 0 Å². The zero-order valence-electron chi connectivity index (χ0n) is 21.4. The first-order chi connectivity index (χ1) is 17.5. The van der Waals surface area contributed by atoms with Gasteiger partial charge in [0.15, 0.2) is 0 Å². The second-order valence-electron chi connectivity index (χ2n) is 9.51. The quantitative estimate of drug-likeness (QED) is 0.524. The van der Waals surface area contributed by atoms with Gasteiger partial charge in [-0.15, -0.1) is 0 Å². The number of carbonyl (C=O) groups excluding carboxylic acids is 1. The number of ether oxygens (including phenoxy) is 1.